The molecular formula is C14H15BrFNO3S. The zero-order valence-corrected chi connectivity index (χ0v) is 13.5. The molecule has 0 radical (unpaired) electrons. The average molecular weight is 376 g/mol. The Kier molecular flexibility index (Phi) is 5.64. The molecule has 1 aromatic rings. The van der Waals surface area contributed by atoms with Crippen LogP contribution in [-0.2, 0) is 9.59 Å². The van der Waals surface area contributed by atoms with Gasteiger partial charge < -0.3 is 10.4 Å². The van der Waals surface area contributed by atoms with Crippen molar-refractivity contribution in [2.24, 2.45) is 0 Å². The van der Waals surface area contributed by atoms with Gasteiger partial charge >= 0.3 is 5.97 Å². The lowest BCUT2D eigenvalue weighted by atomic mass is 9.76. The highest BCUT2D eigenvalue weighted by Gasteiger charge is 2.31. The largest absolute Gasteiger partial charge is 0.481 e. The Morgan fingerprint density at radius 3 is 2.71 bits per heavy atom. The van der Waals surface area contributed by atoms with Crippen LogP contribution in [0.3, 0.4) is 0 Å². The van der Waals surface area contributed by atoms with Gasteiger partial charge in [-0.25, -0.2) is 4.39 Å². The third-order valence-corrected chi connectivity index (χ3v) is 4.90. The van der Waals surface area contributed by atoms with Crippen molar-refractivity contribution in [1.82, 2.24) is 5.32 Å². The predicted molar refractivity (Wildman–Crippen MR) is 83.0 cm³/mol. The van der Waals surface area contributed by atoms with Crippen molar-refractivity contribution in [3.05, 3.63) is 34.1 Å². The molecule has 114 valence electrons. The molecule has 7 heteroatoms. The molecule has 0 saturated heterocycles. The van der Waals surface area contributed by atoms with Crippen LogP contribution in [0, 0.1) is 5.82 Å². The summed E-state index contributed by atoms with van der Waals surface area (Å²) in [5, 5.41) is 11.4. The van der Waals surface area contributed by atoms with Crippen LogP contribution in [0.1, 0.15) is 24.3 Å². The zero-order valence-electron chi connectivity index (χ0n) is 11.1. The first-order chi connectivity index (χ1) is 9.95. The molecule has 0 aromatic heterocycles. The number of thioether (sulfide) groups is 1. The first-order valence-corrected chi connectivity index (χ1v) is 8.44. The number of nitrogens with one attached hydrogen (secondary N) is 1. The number of amides is 1. The van der Waals surface area contributed by atoms with E-state index in [0.717, 1.165) is 30.2 Å². The number of hydrogen-bond acceptors (Lipinski definition) is 3. The monoisotopic (exact) mass is 375 g/mol. The molecule has 1 fully saturated rings. The molecule has 0 spiro atoms. The van der Waals surface area contributed by atoms with Gasteiger partial charge in [-0.3, -0.25) is 9.59 Å². The third kappa shape index (κ3) is 4.71. The number of carbonyl (C=O) groups excluding carboxylic acids is 1. The molecule has 21 heavy (non-hydrogen) atoms. The summed E-state index contributed by atoms with van der Waals surface area (Å²) in [4.78, 5) is 21.9. The van der Waals surface area contributed by atoms with E-state index in [1.807, 2.05) is 0 Å². The molecule has 0 unspecified atom stereocenters. The Morgan fingerprint density at radius 2 is 2.10 bits per heavy atom. The molecule has 0 bridgehead atoms. The summed E-state index contributed by atoms with van der Waals surface area (Å²) in [6, 6.07) is 5.11. The first-order valence-electron chi connectivity index (χ1n) is 6.49. The number of carboxylic acid groups (broad SMARTS) is 1. The maximum absolute atomic E-state index is 13.2. The molecule has 0 atom stereocenters. The SMILES string of the molecule is O=C(O)CSCC(=O)NC1CC(c2ccc(F)c(Br)c2)C1. The normalized spacial score (nSPS) is 20.7. The molecular weight excluding hydrogens is 361 g/mol. The van der Waals surface area contributed by atoms with Gasteiger partial charge in [-0.05, 0) is 52.4 Å². The van der Waals surface area contributed by atoms with Crippen molar-refractivity contribution in [1.29, 1.82) is 0 Å². The van der Waals surface area contributed by atoms with Crippen LogP contribution in [0.2, 0.25) is 0 Å². The van der Waals surface area contributed by atoms with E-state index < -0.39 is 5.97 Å². The van der Waals surface area contributed by atoms with Gasteiger partial charge in [0.15, 0.2) is 0 Å². The van der Waals surface area contributed by atoms with Gasteiger partial charge in [0, 0.05) is 6.04 Å². The third-order valence-electron chi connectivity index (χ3n) is 3.38. The van der Waals surface area contributed by atoms with Gasteiger partial charge in [-0.1, -0.05) is 6.07 Å². The van der Waals surface area contributed by atoms with Crippen LogP contribution in [-0.4, -0.2) is 34.5 Å². The minimum atomic E-state index is -0.918. The van der Waals surface area contributed by atoms with E-state index in [4.69, 9.17) is 5.11 Å². The molecule has 2 N–H and O–H groups in total. The Labute approximate surface area is 134 Å². The second-order valence-electron chi connectivity index (χ2n) is 4.99. The van der Waals surface area contributed by atoms with Crippen molar-refractivity contribution in [2.45, 2.75) is 24.8 Å². The maximum atomic E-state index is 13.2. The number of carboxylic acids is 1. The fraction of sp³-hybridized carbons (Fsp3) is 0.429. The number of benzene rings is 1. The maximum Gasteiger partial charge on any atom is 0.313 e. The van der Waals surface area contributed by atoms with Crippen molar-refractivity contribution >= 4 is 39.6 Å². The molecule has 1 amide bonds. The zero-order chi connectivity index (χ0) is 15.4. The minimum absolute atomic E-state index is 0.0652. The Hall–Kier alpha value is -1.08. The Bertz CT molecular complexity index is 549. The second kappa shape index (κ2) is 7.26. The fourth-order valence-corrected chi connectivity index (χ4v) is 3.22. The van der Waals surface area contributed by atoms with Crippen LogP contribution < -0.4 is 5.32 Å². The summed E-state index contributed by atoms with van der Waals surface area (Å²) in [6.45, 7) is 0. The summed E-state index contributed by atoms with van der Waals surface area (Å²) >= 11 is 4.26. The number of halogens is 2. The van der Waals surface area contributed by atoms with E-state index in [1.54, 1.807) is 12.1 Å². The van der Waals surface area contributed by atoms with Gasteiger partial charge in [0.05, 0.1) is 16.0 Å². The van der Waals surface area contributed by atoms with Crippen molar-refractivity contribution in [3.63, 3.8) is 0 Å². The molecule has 1 saturated carbocycles. The lowest BCUT2D eigenvalue weighted by molar-refractivity contribution is -0.133. The number of aliphatic carboxylic acids is 1. The summed E-state index contributed by atoms with van der Waals surface area (Å²) < 4.78 is 13.6. The second-order valence-corrected chi connectivity index (χ2v) is 6.83. The van der Waals surface area contributed by atoms with E-state index in [1.165, 1.54) is 6.07 Å². The lowest BCUT2D eigenvalue weighted by Gasteiger charge is -2.36. The van der Waals surface area contributed by atoms with Gasteiger partial charge in [0.1, 0.15) is 5.82 Å². The number of hydrogen-bond donors (Lipinski definition) is 2. The molecule has 4 nitrogen and oxygen atoms in total. The molecule has 2 rings (SSSR count). The number of rotatable bonds is 6. The summed E-state index contributed by atoms with van der Waals surface area (Å²) in [6.07, 6.45) is 1.65. The molecule has 1 aliphatic carbocycles. The van der Waals surface area contributed by atoms with Crippen LogP contribution in [0.5, 0.6) is 0 Å². The highest BCUT2D eigenvalue weighted by Crippen LogP contribution is 2.38. The van der Waals surface area contributed by atoms with Gasteiger partial charge in [0.25, 0.3) is 0 Å². The molecule has 0 heterocycles. The Balaban J connectivity index is 1.72. The fourth-order valence-electron chi connectivity index (χ4n) is 2.27. The van der Waals surface area contributed by atoms with E-state index in [0.29, 0.717) is 10.4 Å². The van der Waals surface area contributed by atoms with E-state index in [-0.39, 0.29) is 29.3 Å². The topological polar surface area (TPSA) is 66.4 Å². The quantitative estimate of drug-likeness (QED) is 0.802. The minimum Gasteiger partial charge on any atom is -0.481 e. The van der Waals surface area contributed by atoms with Crippen LogP contribution in [0.4, 0.5) is 4.39 Å². The average Bonchev–Trinajstić information content (AvgIpc) is 2.36. The van der Waals surface area contributed by atoms with Gasteiger partial charge in [-0.15, -0.1) is 11.8 Å². The van der Waals surface area contributed by atoms with Crippen LogP contribution in [0.25, 0.3) is 0 Å². The standard InChI is InChI=1S/C14H15BrFNO3S/c15-11-5-8(1-2-12(11)16)9-3-10(4-9)17-13(18)6-21-7-14(19)20/h1-2,5,9-10H,3-4,6-7H2,(H,17,18)(H,19,20). The smallest absolute Gasteiger partial charge is 0.313 e. The number of carbonyl (C=O) groups is 2. The highest BCUT2D eigenvalue weighted by atomic mass is 79.9. The van der Waals surface area contributed by atoms with E-state index >= 15 is 0 Å². The van der Waals surface area contributed by atoms with E-state index in [9.17, 15) is 14.0 Å². The predicted octanol–water partition coefficient (Wildman–Crippen LogP) is 2.77. The highest BCUT2D eigenvalue weighted by molar-refractivity contribution is 9.10. The van der Waals surface area contributed by atoms with Crippen molar-refractivity contribution < 1.29 is 19.1 Å². The summed E-state index contributed by atoms with van der Waals surface area (Å²) in [7, 11) is 0. The van der Waals surface area contributed by atoms with E-state index in [2.05, 4.69) is 21.2 Å². The molecule has 1 aromatic carbocycles. The first kappa shape index (κ1) is 16.3. The van der Waals surface area contributed by atoms with Crippen LogP contribution in [0.15, 0.2) is 22.7 Å². The van der Waals surface area contributed by atoms with Crippen LogP contribution >= 0.6 is 27.7 Å². The van der Waals surface area contributed by atoms with Crippen molar-refractivity contribution in [3.8, 4) is 0 Å². The Morgan fingerprint density at radius 1 is 1.38 bits per heavy atom. The summed E-state index contributed by atoms with van der Waals surface area (Å²) in [5.74, 6) is -0.902. The summed E-state index contributed by atoms with van der Waals surface area (Å²) in [5.41, 5.74) is 1.06. The molecule has 1 aliphatic rings. The van der Waals surface area contributed by atoms with Gasteiger partial charge in [-0.2, -0.15) is 0 Å². The van der Waals surface area contributed by atoms with Crippen molar-refractivity contribution in [2.75, 3.05) is 11.5 Å². The lowest BCUT2D eigenvalue weighted by Crippen LogP contribution is -2.44. The van der Waals surface area contributed by atoms with Gasteiger partial charge in [0.2, 0.25) is 5.91 Å². The molecule has 0 aliphatic heterocycles.